The van der Waals surface area contributed by atoms with Crippen molar-refractivity contribution in [2.75, 3.05) is 0 Å². The highest BCUT2D eigenvalue weighted by atomic mass is 35.5. The Bertz CT molecular complexity index is 370. The quantitative estimate of drug-likeness (QED) is 0.765. The molecule has 6 heteroatoms. The second kappa shape index (κ2) is 3.43. The van der Waals surface area contributed by atoms with Gasteiger partial charge in [0.05, 0.1) is 12.2 Å². The van der Waals surface area contributed by atoms with E-state index in [2.05, 4.69) is 15.3 Å². The first-order valence-electron chi connectivity index (χ1n) is 3.72. The molecule has 0 saturated heterocycles. The molecule has 0 fully saturated rings. The van der Waals surface area contributed by atoms with Gasteiger partial charge < -0.3 is 0 Å². The number of aryl methyl sites for hydroxylation is 1. The molecule has 0 aliphatic heterocycles. The van der Waals surface area contributed by atoms with Crippen molar-refractivity contribution in [3.8, 4) is 0 Å². The normalized spacial score (nSPS) is 10.6. The summed E-state index contributed by atoms with van der Waals surface area (Å²) < 4.78 is 2.28. The van der Waals surface area contributed by atoms with Gasteiger partial charge in [0.25, 0.3) is 0 Å². The Kier molecular flexibility index (Phi) is 2.28. The highest BCUT2D eigenvalue weighted by molar-refractivity contribution is 7.15. The van der Waals surface area contributed by atoms with Crippen molar-refractivity contribution in [1.29, 1.82) is 0 Å². The number of rotatable bonds is 2. The molecule has 0 N–H and O–H groups in total. The predicted octanol–water partition coefficient (Wildman–Crippen LogP) is 1.74. The summed E-state index contributed by atoms with van der Waals surface area (Å²) in [7, 11) is 0. The van der Waals surface area contributed by atoms with Gasteiger partial charge in [-0.1, -0.05) is 11.3 Å². The predicted molar refractivity (Wildman–Crippen MR) is 51.0 cm³/mol. The Morgan fingerprint density at radius 3 is 2.92 bits per heavy atom. The second-order valence-electron chi connectivity index (χ2n) is 2.60. The molecule has 0 saturated carbocycles. The van der Waals surface area contributed by atoms with Crippen molar-refractivity contribution in [1.82, 2.24) is 20.0 Å². The molecule has 2 rings (SSSR count). The van der Waals surface area contributed by atoms with Crippen LogP contribution in [-0.4, -0.2) is 20.0 Å². The van der Waals surface area contributed by atoms with Gasteiger partial charge in [0, 0.05) is 6.20 Å². The lowest BCUT2D eigenvalue weighted by atomic mass is 10.5. The fourth-order valence-electron chi connectivity index (χ4n) is 0.987. The minimum Gasteiger partial charge on any atom is -0.266 e. The molecule has 0 spiro atoms. The van der Waals surface area contributed by atoms with Gasteiger partial charge in [-0.2, -0.15) is 5.10 Å². The molecule has 0 atom stereocenters. The van der Waals surface area contributed by atoms with Gasteiger partial charge in [0.15, 0.2) is 0 Å². The minimum absolute atomic E-state index is 0.471. The number of hydrogen-bond acceptors (Lipinski definition) is 4. The molecule has 0 aliphatic rings. The van der Waals surface area contributed by atoms with Crippen molar-refractivity contribution in [2.45, 2.75) is 13.5 Å². The van der Waals surface area contributed by atoms with Crippen molar-refractivity contribution in [3.05, 3.63) is 27.4 Å². The Labute approximate surface area is 84.2 Å². The monoisotopic (exact) mass is 214 g/mol. The third-order valence-electron chi connectivity index (χ3n) is 1.51. The lowest BCUT2D eigenvalue weighted by Gasteiger charge is -1.94. The Morgan fingerprint density at radius 1 is 1.54 bits per heavy atom. The first-order chi connectivity index (χ1) is 6.24. The maximum absolute atomic E-state index is 5.65. The fourth-order valence-corrected chi connectivity index (χ4v) is 1.85. The van der Waals surface area contributed by atoms with Gasteiger partial charge in [0.1, 0.15) is 5.01 Å². The van der Waals surface area contributed by atoms with Crippen LogP contribution in [0.1, 0.15) is 10.7 Å². The Morgan fingerprint density at radius 2 is 2.38 bits per heavy atom. The molecule has 0 unspecified atom stereocenters. The molecule has 0 aromatic carbocycles. The first-order valence-corrected chi connectivity index (χ1v) is 4.91. The Balaban J connectivity index is 2.14. The summed E-state index contributed by atoms with van der Waals surface area (Å²) in [6.45, 7) is 2.59. The van der Waals surface area contributed by atoms with Crippen LogP contribution in [0.4, 0.5) is 0 Å². The van der Waals surface area contributed by atoms with Crippen LogP contribution >= 0.6 is 22.9 Å². The lowest BCUT2D eigenvalue weighted by Crippen LogP contribution is -1.99. The fraction of sp³-hybridized carbons (Fsp3) is 0.286. The third kappa shape index (κ3) is 2.05. The van der Waals surface area contributed by atoms with E-state index in [9.17, 15) is 0 Å². The molecule has 2 heterocycles. The van der Waals surface area contributed by atoms with E-state index >= 15 is 0 Å². The van der Waals surface area contributed by atoms with E-state index in [0.29, 0.717) is 11.0 Å². The first kappa shape index (κ1) is 8.65. The average molecular weight is 215 g/mol. The minimum atomic E-state index is 0.471. The molecule has 0 radical (unpaired) electrons. The molecule has 0 aliphatic carbocycles. The van der Waals surface area contributed by atoms with E-state index in [1.54, 1.807) is 0 Å². The number of aromatic nitrogens is 4. The summed E-state index contributed by atoms with van der Waals surface area (Å²) >= 11 is 7.02. The molecular formula is C7H7ClN4S. The molecule has 2 aromatic heterocycles. The van der Waals surface area contributed by atoms with Crippen LogP contribution in [0.15, 0.2) is 12.3 Å². The van der Waals surface area contributed by atoms with Crippen molar-refractivity contribution < 1.29 is 0 Å². The topological polar surface area (TPSA) is 43.6 Å². The average Bonchev–Trinajstić information content (AvgIpc) is 2.62. The zero-order valence-electron chi connectivity index (χ0n) is 6.94. The van der Waals surface area contributed by atoms with Gasteiger partial charge in [-0.15, -0.1) is 10.2 Å². The standard InChI is InChI=1S/C7H7ClN4S/c1-5-2-3-12(11-5)4-6-9-10-7(8)13-6/h2-3H,4H2,1H3. The zero-order valence-corrected chi connectivity index (χ0v) is 8.51. The van der Waals surface area contributed by atoms with E-state index < -0.39 is 0 Å². The van der Waals surface area contributed by atoms with E-state index in [4.69, 9.17) is 11.6 Å². The number of halogens is 1. The molecule has 13 heavy (non-hydrogen) atoms. The number of hydrogen-bond donors (Lipinski definition) is 0. The molecule has 4 nitrogen and oxygen atoms in total. The summed E-state index contributed by atoms with van der Waals surface area (Å²) in [5.74, 6) is 0. The van der Waals surface area contributed by atoms with E-state index in [1.165, 1.54) is 11.3 Å². The maximum atomic E-state index is 5.65. The van der Waals surface area contributed by atoms with E-state index in [1.807, 2.05) is 23.9 Å². The van der Waals surface area contributed by atoms with Gasteiger partial charge >= 0.3 is 0 Å². The van der Waals surface area contributed by atoms with Crippen molar-refractivity contribution in [3.63, 3.8) is 0 Å². The van der Waals surface area contributed by atoms with E-state index in [0.717, 1.165) is 10.7 Å². The molecule has 0 amide bonds. The molecule has 0 bridgehead atoms. The van der Waals surface area contributed by atoms with Crippen LogP contribution in [0.3, 0.4) is 0 Å². The highest BCUT2D eigenvalue weighted by Gasteiger charge is 2.02. The summed E-state index contributed by atoms with van der Waals surface area (Å²) in [5.41, 5.74) is 0.996. The zero-order chi connectivity index (χ0) is 9.26. The second-order valence-corrected chi connectivity index (χ2v) is 4.25. The molecule has 2 aromatic rings. The number of nitrogens with zero attached hydrogens (tertiary/aromatic N) is 4. The SMILES string of the molecule is Cc1ccn(Cc2nnc(Cl)s2)n1. The summed E-state index contributed by atoms with van der Waals surface area (Å²) in [6.07, 6.45) is 1.91. The van der Waals surface area contributed by atoms with Gasteiger partial charge in [-0.25, -0.2) is 0 Å². The van der Waals surface area contributed by atoms with Gasteiger partial charge in [0.2, 0.25) is 4.47 Å². The Hall–Kier alpha value is -0.940. The summed E-state index contributed by atoms with van der Waals surface area (Å²) in [4.78, 5) is 0. The van der Waals surface area contributed by atoms with Crippen LogP contribution in [0.2, 0.25) is 4.47 Å². The highest BCUT2D eigenvalue weighted by Crippen LogP contribution is 2.15. The van der Waals surface area contributed by atoms with Crippen LogP contribution in [-0.2, 0) is 6.54 Å². The van der Waals surface area contributed by atoms with E-state index in [-0.39, 0.29) is 0 Å². The van der Waals surface area contributed by atoms with Crippen molar-refractivity contribution >= 4 is 22.9 Å². The summed E-state index contributed by atoms with van der Waals surface area (Å²) in [6, 6.07) is 1.95. The van der Waals surface area contributed by atoms with Crippen LogP contribution in [0.25, 0.3) is 0 Å². The van der Waals surface area contributed by atoms with Crippen LogP contribution in [0, 0.1) is 6.92 Å². The van der Waals surface area contributed by atoms with Crippen LogP contribution < -0.4 is 0 Å². The molecule has 68 valence electrons. The maximum Gasteiger partial charge on any atom is 0.207 e. The van der Waals surface area contributed by atoms with Crippen LogP contribution in [0.5, 0.6) is 0 Å². The summed E-state index contributed by atoms with van der Waals surface area (Å²) in [5, 5.41) is 12.7. The van der Waals surface area contributed by atoms with Crippen molar-refractivity contribution in [2.24, 2.45) is 0 Å². The smallest absolute Gasteiger partial charge is 0.207 e. The third-order valence-corrected chi connectivity index (χ3v) is 2.52. The van der Waals surface area contributed by atoms with Gasteiger partial charge in [-0.3, -0.25) is 4.68 Å². The van der Waals surface area contributed by atoms with Gasteiger partial charge in [-0.05, 0) is 24.6 Å². The lowest BCUT2D eigenvalue weighted by molar-refractivity contribution is 0.670. The largest absolute Gasteiger partial charge is 0.266 e. The molecular weight excluding hydrogens is 208 g/mol.